The first-order valence-corrected chi connectivity index (χ1v) is 10.1. The number of nitrogens with one attached hydrogen (secondary N) is 1. The molecule has 4 amide bonds. The van der Waals surface area contributed by atoms with Crippen LogP contribution in [0.15, 0.2) is 42.5 Å². The number of benzene rings is 2. The molecule has 0 aromatic heterocycles. The van der Waals surface area contributed by atoms with Gasteiger partial charge < -0.3 is 15.0 Å². The van der Waals surface area contributed by atoms with Crippen molar-refractivity contribution in [2.45, 2.75) is 12.8 Å². The zero-order valence-corrected chi connectivity index (χ0v) is 16.5. The van der Waals surface area contributed by atoms with Gasteiger partial charge in [0, 0.05) is 31.7 Å². The summed E-state index contributed by atoms with van der Waals surface area (Å²) >= 11 is 0. The number of imide groups is 1. The molecule has 2 aliphatic heterocycles. The molecule has 0 radical (unpaired) electrons. The van der Waals surface area contributed by atoms with Gasteiger partial charge in [0.2, 0.25) is 0 Å². The van der Waals surface area contributed by atoms with Gasteiger partial charge in [-0.2, -0.15) is 0 Å². The van der Waals surface area contributed by atoms with Crippen molar-refractivity contribution in [3.8, 4) is 0 Å². The number of hydrogen-bond acceptors (Lipinski definition) is 5. The van der Waals surface area contributed by atoms with E-state index in [1.807, 2.05) is 36.4 Å². The smallest absolute Gasteiger partial charge is 0.324 e. The van der Waals surface area contributed by atoms with Gasteiger partial charge in [0.1, 0.15) is 0 Å². The summed E-state index contributed by atoms with van der Waals surface area (Å²) in [6, 6.07) is 12.8. The Kier molecular flexibility index (Phi) is 5.65. The van der Waals surface area contributed by atoms with Gasteiger partial charge in [-0.15, -0.1) is 0 Å². The Hall–Kier alpha value is -3.42. The average molecular weight is 409 g/mol. The molecule has 2 aromatic rings. The molecule has 4 rings (SSSR count). The Morgan fingerprint density at radius 1 is 1.07 bits per heavy atom. The maximum Gasteiger partial charge on any atom is 0.324 e. The average Bonchev–Trinajstić information content (AvgIpc) is 3.22. The Bertz CT molecular complexity index is 1000. The summed E-state index contributed by atoms with van der Waals surface area (Å²) < 4.78 is 5.16. The largest absolute Gasteiger partial charge is 0.455 e. The van der Waals surface area contributed by atoms with Crippen LogP contribution in [0.3, 0.4) is 0 Å². The maximum atomic E-state index is 13.1. The van der Waals surface area contributed by atoms with Crippen LogP contribution in [-0.4, -0.2) is 66.4 Å². The molecule has 2 saturated heterocycles. The Balaban J connectivity index is 1.39. The van der Waals surface area contributed by atoms with E-state index in [2.05, 4.69) is 5.32 Å². The van der Waals surface area contributed by atoms with Crippen molar-refractivity contribution in [3.63, 3.8) is 0 Å². The number of likely N-dealkylation sites (tertiary alicyclic amines) is 1. The molecule has 8 nitrogen and oxygen atoms in total. The lowest BCUT2D eigenvalue weighted by atomic mass is 9.96. The lowest BCUT2D eigenvalue weighted by Crippen LogP contribution is -2.43. The second-order valence-corrected chi connectivity index (χ2v) is 7.50. The van der Waals surface area contributed by atoms with Crippen LogP contribution in [0.25, 0.3) is 10.8 Å². The summed E-state index contributed by atoms with van der Waals surface area (Å²) in [6.07, 6.45) is 1.27. The number of nitrogens with zero attached hydrogens (tertiary/aromatic N) is 2. The number of ether oxygens (including phenoxy) is 1. The predicted molar refractivity (Wildman–Crippen MR) is 109 cm³/mol. The molecule has 0 spiro atoms. The third kappa shape index (κ3) is 3.98. The molecule has 1 N–H and O–H groups in total. The minimum atomic E-state index is -0.544. The molecule has 8 heteroatoms. The Morgan fingerprint density at radius 3 is 2.67 bits per heavy atom. The van der Waals surface area contributed by atoms with Gasteiger partial charge in [0.25, 0.3) is 11.8 Å². The van der Waals surface area contributed by atoms with E-state index in [1.54, 1.807) is 11.0 Å². The number of urea groups is 1. The summed E-state index contributed by atoms with van der Waals surface area (Å²) in [5, 5.41) is 4.40. The van der Waals surface area contributed by atoms with E-state index in [4.69, 9.17) is 4.74 Å². The van der Waals surface area contributed by atoms with Gasteiger partial charge in [-0.05, 0) is 29.7 Å². The van der Waals surface area contributed by atoms with Crippen molar-refractivity contribution >= 4 is 34.6 Å². The van der Waals surface area contributed by atoms with Gasteiger partial charge >= 0.3 is 12.0 Å². The number of carbonyl (C=O) groups is 4. The van der Waals surface area contributed by atoms with Gasteiger partial charge in [0.05, 0.1) is 5.92 Å². The van der Waals surface area contributed by atoms with Crippen LogP contribution in [-0.2, 0) is 14.3 Å². The van der Waals surface area contributed by atoms with Crippen LogP contribution in [0.1, 0.15) is 23.2 Å². The standard InChI is InChI=1S/C22H23N3O5/c26-19(25-12-10-23-22(25)29)14-30-21(28)16-7-4-11-24(13-16)20(27)18-9-3-6-15-5-1-2-8-17(15)18/h1-3,5-6,8-9,16H,4,7,10-14H2,(H,23,29)/t16-/m1/s1. The van der Waals surface area contributed by atoms with Crippen molar-refractivity contribution in [1.29, 1.82) is 0 Å². The highest BCUT2D eigenvalue weighted by Crippen LogP contribution is 2.24. The van der Waals surface area contributed by atoms with Gasteiger partial charge in [-0.25, -0.2) is 4.79 Å². The van der Waals surface area contributed by atoms with E-state index >= 15 is 0 Å². The normalized spacial score (nSPS) is 18.9. The third-order valence-electron chi connectivity index (χ3n) is 5.56. The van der Waals surface area contributed by atoms with E-state index in [0.717, 1.165) is 15.7 Å². The minimum absolute atomic E-state index is 0.117. The number of esters is 1. The molecule has 0 aliphatic carbocycles. The second-order valence-electron chi connectivity index (χ2n) is 7.50. The first kappa shape index (κ1) is 19.9. The molecule has 2 fully saturated rings. The molecule has 0 saturated carbocycles. The fourth-order valence-corrected chi connectivity index (χ4v) is 3.97. The highest BCUT2D eigenvalue weighted by atomic mass is 16.5. The summed E-state index contributed by atoms with van der Waals surface area (Å²) in [5.74, 6) is -1.66. The van der Waals surface area contributed by atoms with Crippen molar-refractivity contribution in [2.75, 3.05) is 32.8 Å². The van der Waals surface area contributed by atoms with Crippen LogP contribution < -0.4 is 5.32 Å². The number of carbonyl (C=O) groups excluding carboxylic acids is 4. The molecule has 2 aliphatic rings. The summed E-state index contributed by atoms with van der Waals surface area (Å²) in [4.78, 5) is 51.9. The van der Waals surface area contributed by atoms with E-state index in [-0.39, 0.29) is 19.0 Å². The number of hydrogen-bond donors (Lipinski definition) is 1. The molecule has 156 valence electrons. The van der Waals surface area contributed by atoms with Gasteiger partial charge in [0.15, 0.2) is 6.61 Å². The molecule has 0 unspecified atom stereocenters. The lowest BCUT2D eigenvalue weighted by molar-refractivity contribution is -0.155. The Labute approximate surface area is 173 Å². The predicted octanol–water partition coefficient (Wildman–Crippen LogP) is 1.79. The van der Waals surface area contributed by atoms with Gasteiger partial charge in [-0.1, -0.05) is 36.4 Å². The number of amides is 4. The summed E-state index contributed by atoms with van der Waals surface area (Å²) in [7, 11) is 0. The zero-order chi connectivity index (χ0) is 21.1. The van der Waals surface area contributed by atoms with Crippen molar-refractivity contribution in [3.05, 3.63) is 48.0 Å². The fourth-order valence-electron chi connectivity index (χ4n) is 3.97. The van der Waals surface area contributed by atoms with Crippen molar-refractivity contribution in [2.24, 2.45) is 5.92 Å². The van der Waals surface area contributed by atoms with Gasteiger partial charge in [-0.3, -0.25) is 19.3 Å². The van der Waals surface area contributed by atoms with E-state index in [9.17, 15) is 19.2 Å². The summed E-state index contributed by atoms with van der Waals surface area (Å²) in [5.41, 5.74) is 0.609. The zero-order valence-electron chi connectivity index (χ0n) is 16.5. The highest BCUT2D eigenvalue weighted by Gasteiger charge is 2.32. The number of fused-ring (bicyclic) bond motifs is 1. The number of piperidine rings is 1. The van der Waals surface area contributed by atoms with E-state index < -0.39 is 30.4 Å². The van der Waals surface area contributed by atoms with E-state index in [0.29, 0.717) is 31.5 Å². The topological polar surface area (TPSA) is 96.0 Å². The van der Waals surface area contributed by atoms with E-state index in [1.165, 1.54) is 0 Å². The molecule has 1 atom stereocenters. The monoisotopic (exact) mass is 409 g/mol. The van der Waals surface area contributed by atoms with Crippen LogP contribution in [0.5, 0.6) is 0 Å². The molecular formula is C22H23N3O5. The minimum Gasteiger partial charge on any atom is -0.455 e. The maximum absolute atomic E-state index is 13.1. The Morgan fingerprint density at radius 2 is 1.87 bits per heavy atom. The molecule has 30 heavy (non-hydrogen) atoms. The third-order valence-corrected chi connectivity index (χ3v) is 5.56. The van der Waals surface area contributed by atoms with Crippen molar-refractivity contribution in [1.82, 2.24) is 15.1 Å². The molecular weight excluding hydrogens is 386 g/mol. The van der Waals surface area contributed by atoms with Crippen molar-refractivity contribution < 1.29 is 23.9 Å². The fraction of sp³-hybridized carbons (Fsp3) is 0.364. The van der Waals surface area contributed by atoms with Crippen LogP contribution in [0, 0.1) is 5.92 Å². The highest BCUT2D eigenvalue weighted by molar-refractivity contribution is 6.07. The van der Waals surface area contributed by atoms with Crippen LogP contribution >= 0.6 is 0 Å². The second kappa shape index (κ2) is 8.52. The molecule has 2 heterocycles. The SMILES string of the molecule is O=C(OCC(=O)N1CCNC1=O)[C@@H]1CCCN(C(=O)c2cccc3ccccc23)C1. The first-order chi connectivity index (χ1) is 14.5. The van der Waals surface area contributed by atoms with Crippen LogP contribution in [0.2, 0.25) is 0 Å². The lowest BCUT2D eigenvalue weighted by Gasteiger charge is -2.32. The quantitative estimate of drug-likeness (QED) is 0.777. The summed E-state index contributed by atoms with van der Waals surface area (Å²) in [6.45, 7) is 1.01. The first-order valence-electron chi connectivity index (χ1n) is 10.1. The molecule has 2 aromatic carbocycles. The number of rotatable bonds is 4. The molecule has 0 bridgehead atoms. The van der Waals surface area contributed by atoms with Crippen LogP contribution in [0.4, 0.5) is 4.79 Å².